The number of benzene rings is 1. The molecule has 0 aromatic heterocycles. The van der Waals surface area contributed by atoms with E-state index in [1.807, 2.05) is 18.2 Å². The third-order valence-corrected chi connectivity index (χ3v) is 3.79. The molecule has 0 amide bonds. The Balaban J connectivity index is 2.21. The first-order valence-electron chi connectivity index (χ1n) is 6.86. The summed E-state index contributed by atoms with van der Waals surface area (Å²) in [6.45, 7) is 1.54. The number of hydrogen-bond donors (Lipinski definition) is 1. The summed E-state index contributed by atoms with van der Waals surface area (Å²) in [5.41, 5.74) is 6.97. The Labute approximate surface area is 114 Å². The fourth-order valence-electron chi connectivity index (χ4n) is 2.91. The molecule has 1 saturated heterocycles. The van der Waals surface area contributed by atoms with Crippen molar-refractivity contribution in [2.24, 2.45) is 5.73 Å². The predicted octanol–water partition coefficient (Wildman–Crippen LogP) is 1.71. The van der Waals surface area contributed by atoms with Crippen LogP contribution in [0.15, 0.2) is 30.3 Å². The lowest BCUT2D eigenvalue weighted by Crippen LogP contribution is -2.40. The first-order valence-corrected chi connectivity index (χ1v) is 6.86. The lowest BCUT2D eigenvalue weighted by atomic mass is 10.0. The largest absolute Gasteiger partial charge is 0.468 e. The zero-order chi connectivity index (χ0) is 13.7. The summed E-state index contributed by atoms with van der Waals surface area (Å²) in [6.07, 6.45) is 2.77. The number of likely N-dealkylation sites (tertiary alicyclic amines) is 1. The summed E-state index contributed by atoms with van der Waals surface area (Å²) >= 11 is 0. The fraction of sp³-hybridized carbons (Fsp3) is 0.533. The van der Waals surface area contributed by atoms with Crippen LogP contribution >= 0.6 is 0 Å². The molecular weight excluding hydrogens is 240 g/mol. The number of nitrogens with two attached hydrogens (primary N) is 1. The van der Waals surface area contributed by atoms with E-state index in [0.29, 0.717) is 6.54 Å². The molecule has 1 aliphatic heterocycles. The van der Waals surface area contributed by atoms with Crippen molar-refractivity contribution in [1.29, 1.82) is 0 Å². The number of carbonyl (C=O) groups is 1. The molecule has 1 fully saturated rings. The SMILES string of the molecule is COC(=O)C1CCCN1C(CCN)c1ccccc1. The molecule has 0 spiro atoms. The second kappa shape index (κ2) is 6.68. The molecule has 0 radical (unpaired) electrons. The van der Waals surface area contributed by atoms with Crippen molar-refractivity contribution in [2.45, 2.75) is 31.3 Å². The fourth-order valence-corrected chi connectivity index (χ4v) is 2.91. The maximum absolute atomic E-state index is 11.9. The Morgan fingerprint density at radius 2 is 2.21 bits per heavy atom. The minimum absolute atomic E-state index is 0.123. The Bertz CT molecular complexity index is 408. The quantitative estimate of drug-likeness (QED) is 0.821. The minimum atomic E-state index is -0.129. The summed E-state index contributed by atoms with van der Waals surface area (Å²) in [6, 6.07) is 10.4. The summed E-state index contributed by atoms with van der Waals surface area (Å²) in [5, 5.41) is 0. The van der Waals surface area contributed by atoms with Gasteiger partial charge in [0.25, 0.3) is 0 Å². The van der Waals surface area contributed by atoms with Gasteiger partial charge in [0.1, 0.15) is 6.04 Å². The summed E-state index contributed by atoms with van der Waals surface area (Å²) in [4.78, 5) is 14.1. The van der Waals surface area contributed by atoms with Crippen LogP contribution in [0.25, 0.3) is 0 Å². The molecule has 2 rings (SSSR count). The number of nitrogens with zero attached hydrogens (tertiary/aromatic N) is 1. The van der Waals surface area contributed by atoms with Crippen LogP contribution in [0.4, 0.5) is 0 Å². The zero-order valence-corrected chi connectivity index (χ0v) is 11.4. The second-order valence-electron chi connectivity index (χ2n) is 4.92. The average Bonchev–Trinajstić information content (AvgIpc) is 2.94. The van der Waals surface area contributed by atoms with E-state index in [1.54, 1.807) is 0 Å². The third kappa shape index (κ3) is 3.14. The standard InChI is InChI=1S/C15H22N2O2/c1-19-15(18)14-8-5-11-17(14)13(9-10-16)12-6-3-2-4-7-12/h2-4,6-7,13-14H,5,8-11,16H2,1H3. The first-order chi connectivity index (χ1) is 9.27. The maximum atomic E-state index is 11.9. The molecular formula is C15H22N2O2. The minimum Gasteiger partial charge on any atom is -0.468 e. The topological polar surface area (TPSA) is 55.6 Å². The van der Waals surface area contributed by atoms with Gasteiger partial charge in [-0.15, -0.1) is 0 Å². The van der Waals surface area contributed by atoms with Crippen molar-refractivity contribution in [1.82, 2.24) is 4.90 Å². The van der Waals surface area contributed by atoms with E-state index < -0.39 is 0 Å². The molecule has 2 unspecified atom stereocenters. The number of esters is 1. The number of ether oxygens (including phenoxy) is 1. The summed E-state index contributed by atoms with van der Waals surface area (Å²) < 4.78 is 4.92. The highest BCUT2D eigenvalue weighted by molar-refractivity contribution is 5.76. The van der Waals surface area contributed by atoms with E-state index in [2.05, 4.69) is 17.0 Å². The van der Waals surface area contributed by atoms with Gasteiger partial charge >= 0.3 is 5.97 Å². The van der Waals surface area contributed by atoms with Gasteiger partial charge in [-0.05, 0) is 37.9 Å². The van der Waals surface area contributed by atoms with E-state index in [-0.39, 0.29) is 18.1 Å². The van der Waals surface area contributed by atoms with Gasteiger partial charge in [-0.1, -0.05) is 30.3 Å². The van der Waals surface area contributed by atoms with Crippen LogP contribution in [0, 0.1) is 0 Å². The maximum Gasteiger partial charge on any atom is 0.323 e. The molecule has 4 nitrogen and oxygen atoms in total. The van der Waals surface area contributed by atoms with Crippen LogP contribution in [0.2, 0.25) is 0 Å². The summed E-state index contributed by atoms with van der Waals surface area (Å²) in [5.74, 6) is -0.129. The molecule has 1 aliphatic rings. The van der Waals surface area contributed by atoms with E-state index in [9.17, 15) is 4.79 Å². The van der Waals surface area contributed by atoms with E-state index in [0.717, 1.165) is 25.8 Å². The van der Waals surface area contributed by atoms with Gasteiger partial charge < -0.3 is 10.5 Å². The predicted molar refractivity (Wildman–Crippen MR) is 74.6 cm³/mol. The Hall–Kier alpha value is -1.39. The van der Waals surface area contributed by atoms with Crippen LogP contribution in [0.1, 0.15) is 30.9 Å². The smallest absolute Gasteiger partial charge is 0.323 e. The molecule has 2 atom stereocenters. The van der Waals surface area contributed by atoms with Gasteiger partial charge in [0.15, 0.2) is 0 Å². The van der Waals surface area contributed by atoms with Crippen LogP contribution in [-0.4, -0.2) is 37.1 Å². The average molecular weight is 262 g/mol. The molecule has 2 N–H and O–H groups in total. The normalized spacial score (nSPS) is 21.3. The van der Waals surface area contributed by atoms with Crippen molar-refractivity contribution in [2.75, 3.05) is 20.2 Å². The first kappa shape index (κ1) is 14.0. The zero-order valence-electron chi connectivity index (χ0n) is 11.4. The molecule has 1 aromatic rings. The lowest BCUT2D eigenvalue weighted by Gasteiger charge is -2.32. The molecule has 1 heterocycles. The van der Waals surface area contributed by atoms with Crippen molar-refractivity contribution in [3.05, 3.63) is 35.9 Å². The summed E-state index contributed by atoms with van der Waals surface area (Å²) in [7, 11) is 1.46. The molecule has 1 aromatic carbocycles. The van der Waals surface area contributed by atoms with Crippen molar-refractivity contribution < 1.29 is 9.53 Å². The molecule has 19 heavy (non-hydrogen) atoms. The van der Waals surface area contributed by atoms with Gasteiger partial charge in [-0.25, -0.2) is 0 Å². The van der Waals surface area contributed by atoms with E-state index in [1.165, 1.54) is 12.7 Å². The third-order valence-electron chi connectivity index (χ3n) is 3.79. The lowest BCUT2D eigenvalue weighted by molar-refractivity contribution is -0.146. The number of methoxy groups -OCH3 is 1. The highest BCUT2D eigenvalue weighted by Crippen LogP contribution is 2.31. The Morgan fingerprint density at radius 1 is 1.47 bits per heavy atom. The Morgan fingerprint density at radius 3 is 2.84 bits per heavy atom. The molecule has 0 aliphatic carbocycles. The van der Waals surface area contributed by atoms with Crippen molar-refractivity contribution >= 4 is 5.97 Å². The van der Waals surface area contributed by atoms with Gasteiger partial charge in [0.2, 0.25) is 0 Å². The van der Waals surface area contributed by atoms with Crippen LogP contribution < -0.4 is 5.73 Å². The molecule has 0 saturated carbocycles. The van der Waals surface area contributed by atoms with Crippen molar-refractivity contribution in [3.63, 3.8) is 0 Å². The van der Waals surface area contributed by atoms with Gasteiger partial charge in [0.05, 0.1) is 7.11 Å². The van der Waals surface area contributed by atoms with E-state index >= 15 is 0 Å². The number of hydrogen-bond acceptors (Lipinski definition) is 4. The number of carbonyl (C=O) groups excluding carboxylic acids is 1. The highest BCUT2D eigenvalue weighted by atomic mass is 16.5. The van der Waals surface area contributed by atoms with E-state index in [4.69, 9.17) is 10.5 Å². The second-order valence-corrected chi connectivity index (χ2v) is 4.92. The van der Waals surface area contributed by atoms with Gasteiger partial charge in [0, 0.05) is 6.04 Å². The number of rotatable bonds is 5. The van der Waals surface area contributed by atoms with Crippen LogP contribution in [-0.2, 0) is 9.53 Å². The molecule has 4 heteroatoms. The van der Waals surface area contributed by atoms with Gasteiger partial charge in [-0.3, -0.25) is 9.69 Å². The monoisotopic (exact) mass is 262 g/mol. The van der Waals surface area contributed by atoms with Crippen LogP contribution in [0.5, 0.6) is 0 Å². The Kier molecular flexibility index (Phi) is 4.93. The molecule has 104 valence electrons. The molecule has 0 bridgehead atoms. The van der Waals surface area contributed by atoms with Crippen LogP contribution in [0.3, 0.4) is 0 Å². The van der Waals surface area contributed by atoms with Gasteiger partial charge in [-0.2, -0.15) is 0 Å². The highest BCUT2D eigenvalue weighted by Gasteiger charge is 2.36. The van der Waals surface area contributed by atoms with Crippen molar-refractivity contribution in [3.8, 4) is 0 Å².